The zero-order valence-electron chi connectivity index (χ0n) is 14.1. The van der Waals surface area contributed by atoms with Crippen molar-refractivity contribution in [1.29, 1.82) is 0 Å². The molecule has 122 valence electrons. The SMILES string of the molecule is CCC1(CNC(=NC)NCc2ccc(COC)cc2)CCC1. The van der Waals surface area contributed by atoms with Gasteiger partial charge in [-0.1, -0.05) is 37.6 Å². The van der Waals surface area contributed by atoms with Crippen LogP contribution in [0, 0.1) is 5.41 Å². The van der Waals surface area contributed by atoms with Crippen LogP contribution in [-0.4, -0.2) is 26.7 Å². The zero-order valence-corrected chi connectivity index (χ0v) is 14.1. The van der Waals surface area contributed by atoms with E-state index < -0.39 is 0 Å². The molecular formula is C18H29N3O. The summed E-state index contributed by atoms with van der Waals surface area (Å²) in [5, 5.41) is 6.87. The van der Waals surface area contributed by atoms with Crippen LogP contribution in [0.2, 0.25) is 0 Å². The van der Waals surface area contributed by atoms with Gasteiger partial charge >= 0.3 is 0 Å². The van der Waals surface area contributed by atoms with E-state index in [1.807, 2.05) is 7.05 Å². The minimum absolute atomic E-state index is 0.499. The van der Waals surface area contributed by atoms with Gasteiger partial charge in [0.1, 0.15) is 0 Å². The molecule has 0 saturated heterocycles. The maximum atomic E-state index is 5.13. The molecule has 4 nitrogen and oxygen atoms in total. The van der Waals surface area contributed by atoms with Gasteiger partial charge in [0, 0.05) is 27.2 Å². The van der Waals surface area contributed by atoms with Crippen LogP contribution in [0.3, 0.4) is 0 Å². The first-order chi connectivity index (χ1) is 10.7. The number of methoxy groups -OCH3 is 1. The molecule has 0 amide bonds. The lowest BCUT2D eigenvalue weighted by Crippen LogP contribution is -2.46. The lowest BCUT2D eigenvalue weighted by molar-refractivity contribution is 0.131. The third-order valence-corrected chi connectivity index (χ3v) is 4.81. The Bertz CT molecular complexity index is 472. The van der Waals surface area contributed by atoms with E-state index in [1.165, 1.54) is 36.8 Å². The number of ether oxygens (including phenoxy) is 1. The van der Waals surface area contributed by atoms with Crippen molar-refractivity contribution in [3.05, 3.63) is 35.4 Å². The van der Waals surface area contributed by atoms with Gasteiger partial charge in [-0.25, -0.2) is 0 Å². The summed E-state index contributed by atoms with van der Waals surface area (Å²) in [6, 6.07) is 8.48. The van der Waals surface area contributed by atoms with Crippen LogP contribution in [0.5, 0.6) is 0 Å². The fourth-order valence-electron chi connectivity index (χ4n) is 2.93. The molecule has 1 aliphatic carbocycles. The molecule has 1 saturated carbocycles. The van der Waals surface area contributed by atoms with Crippen molar-refractivity contribution in [2.45, 2.75) is 45.8 Å². The van der Waals surface area contributed by atoms with Gasteiger partial charge in [-0.3, -0.25) is 4.99 Å². The molecule has 0 aliphatic heterocycles. The minimum atomic E-state index is 0.499. The van der Waals surface area contributed by atoms with E-state index >= 15 is 0 Å². The fraction of sp³-hybridized carbons (Fsp3) is 0.611. The minimum Gasteiger partial charge on any atom is -0.380 e. The molecule has 1 fully saturated rings. The Hall–Kier alpha value is -1.55. The summed E-state index contributed by atoms with van der Waals surface area (Å²) in [7, 11) is 3.55. The molecule has 0 heterocycles. The van der Waals surface area contributed by atoms with Gasteiger partial charge in [0.2, 0.25) is 0 Å². The summed E-state index contributed by atoms with van der Waals surface area (Å²) in [5.41, 5.74) is 2.94. The van der Waals surface area contributed by atoms with Gasteiger partial charge in [0.05, 0.1) is 6.61 Å². The Balaban J connectivity index is 1.78. The Morgan fingerprint density at radius 2 is 1.86 bits per heavy atom. The largest absolute Gasteiger partial charge is 0.380 e. The highest BCUT2D eigenvalue weighted by Gasteiger charge is 2.34. The number of nitrogens with zero attached hydrogens (tertiary/aromatic N) is 1. The molecule has 0 atom stereocenters. The molecule has 0 bridgehead atoms. The van der Waals surface area contributed by atoms with Crippen molar-refractivity contribution in [3.63, 3.8) is 0 Å². The Labute approximate surface area is 134 Å². The summed E-state index contributed by atoms with van der Waals surface area (Å²) < 4.78 is 5.13. The number of rotatable bonds is 7. The van der Waals surface area contributed by atoms with Crippen LogP contribution in [0.15, 0.2) is 29.3 Å². The van der Waals surface area contributed by atoms with Crippen LogP contribution < -0.4 is 10.6 Å². The molecule has 1 aromatic rings. The molecule has 1 aliphatic rings. The van der Waals surface area contributed by atoms with E-state index in [0.717, 1.165) is 19.0 Å². The second-order valence-corrected chi connectivity index (χ2v) is 6.24. The van der Waals surface area contributed by atoms with Gasteiger partial charge in [0.25, 0.3) is 0 Å². The second kappa shape index (κ2) is 8.18. The zero-order chi connectivity index (χ0) is 15.8. The summed E-state index contributed by atoms with van der Waals surface area (Å²) in [5.74, 6) is 0.890. The molecule has 0 spiro atoms. The lowest BCUT2D eigenvalue weighted by atomic mass is 9.67. The van der Waals surface area contributed by atoms with Crippen LogP contribution >= 0.6 is 0 Å². The summed E-state index contributed by atoms with van der Waals surface area (Å²) >= 11 is 0. The Kier molecular flexibility index (Phi) is 6.25. The fourth-order valence-corrected chi connectivity index (χ4v) is 2.93. The van der Waals surface area contributed by atoms with Crippen molar-refractivity contribution in [2.75, 3.05) is 20.7 Å². The summed E-state index contributed by atoms with van der Waals surface area (Å²) in [6.07, 6.45) is 5.30. The van der Waals surface area contributed by atoms with Crippen molar-refractivity contribution in [1.82, 2.24) is 10.6 Å². The van der Waals surface area contributed by atoms with E-state index in [2.05, 4.69) is 46.8 Å². The molecule has 0 aromatic heterocycles. The number of nitrogens with one attached hydrogen (secondary N) is 2. The predicted molar refractivity (Wildman–Crippen MR) is 91.9 cm³/mol. The number of aliphatic imine (C=N–C) groups is 1. The third kappa shape index (κ3) is 4.47. The first-order valence-electron chi connectivity index (χ1n) is 8.22. The molecular weight excluding hydrogens is 274 g/mol. The third-order valence-electron chi connectivity index (χ3n) is 4.81. The molecule has 2 rings (SSSR count). The van der Waals surface area contributed by atoms with Gasteiger partial charge < -0.3 is 15.4 Å². The second-order valence-electron chi connectivity index (χ2n) is 6.24. The van der Waals surface area contributed by atoms with E-state index in [0.29, 0.717) is 12.0 Å². The van der Waals surface area contributed by atoms with Crippen LogP contribution in [-0.2, 0) is 17.9 Å². The maximum absolute atomic E-state index is 5.13. The van der Waals surface area contributed by atoms with Crippen molar-refractivity contribution in [2.24, 2.45) is 10.4 Å². The number of hydrogen-bond donors (Lipinski definition) is 2. The van der Waals surface area contributed by atoms with Gasteiger partial charge in [-0.2, -0.15) is 0 Å². The molecule has 22 heavy (non-hydrogen) atoms. The van der Waals surface area contributed by atoms with Crippen molar-refractivity contribution in [3.8, 4) is 0 Å². The smallest absolute Gasteiger partial charge is 0.191 e. The maximum Gasteiger partial charge on any atom is 0.191 e. The quantitative estimate of drug-likeness (QED) is 0.601. The topological polar surface area (TPSA) is 45.7 Å². The average Bonchev–Trinajstić information content (AvgIpc) is 2.51. The van der Waals surface area contributed by atoms with E-state index in [4.69, 9.17) is 4.74 Å². The van der Waals surface area contributed by atoms with Gasteiger partial charge in [0.15, 0.2) is 5.96 Å². The number of hydrogen-bond acceptors (Lipinski definition) is 2. The van der Waals surface area contributed by atoms with Crippen LogP contribution in [0.25, 0.3) is 0 Å². The lowest BCUT2D eigenvalue weighted by Gasteiger charge is -2.41. The van der Waals surface area contributed by atoms with Gasteiger partial charge in [-0.05, 0) is 35.8 Å². The van der Waals surface area contributed by atoms with E-state index in [1.54, 1.807) is 7.11 Å². The average molecular weight is 303 g/mol. The van der Waals surface area contributed by atoms with E-state index in [9.17, 15) is 0 Å². The molecule has 1 aromatic carbocycles. The highest BCUT2D eigenvalue weighted by molar-refractivity contribution is 5.79. The standard InChI is InChI=1S/C18H29N3O/c1-4-18(10-5-11-18)14-21-17(19-2)20-12-15-6-8-16(9-7-15)13-22-3/h6-9H,4-5,10-14H2,1-3H3,(H2,19,20,21). The number of guanidine groups is 1. The summed E-state index contributed by atoms with van der Waals surface area (Å²) in [6.45, 7) is 4.76. The predicted octanol–water partition coefficient (Wildman–Crippen LogP) is 3.08. The van der Waals surface area contributed by atoms with Crippen molar-refractivity contribution < 1.29 is 4.74 Å². The molecule has 0 radical (unpaired) electrons. The Morgan fingerprint density at radius 3 is 2.36 bits per heavy atom. The summed E-state index contributed by atoms with van der Waals surface area (Å²) in [4.78, 5) is 4.32. The first kappa shape index (κ1) is 16.8. The van der Waals surface area contributed by atoms with Crippen LogP contribution in [0.1, 0.15) is 43.7 Å². The number of benzene rings is 1. The molecule has 4 heteroatoms. The Morgan fingerprint density at radius 1 is 1.18 bits per heavy atom. The van der Waals surface area contributed by atoms with E-state index in [-0.39, 0.29) is 0 Å². The highest BCUT2D eigenvalue weighted by atomic mass is 16.5. The monoisotopic (exact) mass is 303 g/mol. The first-order valence-corrected chi connectivity index (χ1v) is 8.22. The highest BCUT2D eigenvalue weighted by Crippen LogP contribution is 2.42. The molecule has 2 N–H and O–H groups in total. The molecule has 0 unspecified atom stereocenters. The van der Waals surface area contributed by atoms with Crippen LogP contribution in [0.4, 0.5) is 0 Å². The van der Waals surface area contributed by atoms with Crippen molar-refractivity contribution >= 4 is 5.96 Å². The van der Waals surface area contributed by atoms with Gasteiger partial charge in [-0.15, -0.1) is 0 Å². The normalized spacial score (nSPS) is 17.0.